The summed E-state index contributed by atoms with van der Waals surface area (Å²) in [6.07, 6.45) is 8.14. The van der Waals surface area contributed by atoms with E-state index in [0.29, 0.717) is 5.56 Å². The van der Waals surface area contributed by atoms with E-state index in [1.54, 1.807) is 6.07 Å². The van der Waals surface area contributed by atoms with Gasteiger partial charge in [0.1, 0.15) is 14.1 Å². The van der Waals surface area contributed by atoms with E-state index >= 15 is 0 Å². The van der Waals surface area contributed by atoms with Crippen LogP contribution in [-0.4, -0.2) is 58.5 Å². The molecule has 0 spiro atoms. The number of hydrogen-bond acceptors (Lipinski definition) is 4. The van der Waals surface area contributed by atoms with Gasteiger partial charge < -0.3 is 19.7 Å². The van der Waals surface area contributed by atoms with Gasteiger partial charge in [0.05, 0.1) is 5.97 Å². The normalized spacial score (nSPS) is 12.7. The molecule has 3 rings (SSSR count). The van der Waals surface area contributed by atoms with Crippen molar-refractivity contribution in [3.8, 4) is 0 Å². The summed E-state index contributed by atoms with van der Waals surface area (Å²) in [5.41, 5.74) is 6.54. The van der Waals surface area contributed by atoms with Crippen molar-refractivity contribution in [2.45, 2.75) is 0 Å². The highest BCUT2D eigenvalue weighted by Crippen LogP contribution is 2.34. The van der Waals surface area contributed by atoms with Crippen LogP contribution in [0, 0.1) is 0 Å². The van der Waals surface area contributed by atoms with E-state index < -0.39 is 5.97 Å². The number of carboxylic acid groups (broad SMARTS) is 1. The van der Waals surface area contributed by atoms with E-state index in [9.17, 15) is 9.90 Å². The molecule has 0 N–H and O–H groups in total. The molecule has 0 amide bonds. The van der Waals surface area contributed by atoms with Gasteiger partial charge in [-0.05, 0) is 58.7 Å². The van der Waals surface area contributed by atoms with Crippen molar-refractivity contribution in [3.63, 3.8) is 0 Å². The number of rotatable bonds is 5. The molecule has 0 atom stereocenters. The van der Waals surface area contributed by atoms with Crippen LogP contribution in [0.5, 0.6) is 0 Å². The molecule has 0 radical (unpaired) electrons. The van der Waals surface area contributed by atoms with Gasteiger partial charge in [-0.15, -0.1) is 0 Å². The minimum Gasteiger partial charge on any atom is -0.545 e. The molecule has 1 aliphatic rings. The van der Waals surface area contributed by atoms with Gasteiger partial charge in [-0.1, -0.05) is 18.2 Å². The van der Waals surface area contributed by atoms with Crippen molar-refractivity contribution in [1.82, 2.24) is 0 Å². The van der Waals surface area contributed by atoms with E-state index in [-0.39, 0.29) is 5.56 Å². The number of carbonyl (C=O) groups excluding carboxylic acids is 1. The van der Waals surface area contributed by atoms with E-state index in [1.165, 1.54) is 0 Å². The third-order valence-electron chi connectivity index (χ3n) is 5.35. The molecule has 0 bridgehead atoms. The summed E-state index contributed by atoms with van der Waals surface area (Å²) in [4.78, 5) is 16.0. The number of allylic oxidation sites excluding steroid dienone is 5. The van der Waals surface area contributed by atoms with Gasteiger partial charge in [-0.2, -0.15) is 0 Å². The molecule has 0 heterocycles. The largest absolute Gasteiger partial charge is 0.545 e. The fourth-order valence-corrected chi connectivity index (χ4v) is 3.53. The summed E-state index contributed by atoms with van der Waals surface area (Å²) < 4.78 is 2.04. The van der Waals surface area contributed by atoms with Crippen molar-refractivity contribution in [2.24, 2.45) is 0 Å². The minimum atomic E-state index is -1.19. The average Bonchev–Trinajstić information content (AvgIpc) is 2.74. The van der Waals surface area contributed by atoms with Gasteiger partial charge in [0.2, 0.25) is 0 Å². The molecular weight excluding hydrogens is 386 g/mol. The number of benzene rings is 2. The van der Waals surface area contributed by atoms with Crippen molar-refractivity contribution in [3.05, 3.63) is 89.0 Å². The molecule has 31 heavy (non-hydrogen) atoms. The minimum absolute atomic E-state index is 0.176. The number of carbonyl (C=O) groups is 1. The summed E-state index contributed by atoms with van der Waals surface area (Å²) in [6.45, 7) is 0. The van der Waals surface area contributed by atoms with Crippen LogP contribution < -0.4 is 14.9 Å². The van der Waals surface area contributed by atoms with Crippen LogP contribution in [0.15, 0.2) is 72.3 Å². The highest BCUT2D eigenvalue weighted by atomic mass is 16.4. The number of hydrogen-bond donors (Lipinski definition) is 0. The summed E-state index contributed by atoms with van der Waals surface area (Å²) >= 11 is 0. The zero-order valence-electron chi connectivity index (χ0n) is 19.0. The zero-order valence-corrected chi connectivity index (χ0v) is 19.0. The lowest BCUT2D eigenvalue weighted by Gasteiger charge is -2.21. The van der Waals surface area contributed by atoms with Crippen molar-refractivity contribution in [1.29, 1.82) is 0 Å². The predicted molar refractivity (Wildman–Crippen MR) is 127 cm³/mol. The van der Waals surface area contributed by atoms with Gasteiger partial charge in [0.15, 0.2) is 5.71 Å². The summed E-state index contributed by atoms with van der Waals surface area (Å²) in [5, 5.41) is 12.1. The maximum Gasteiger partial charge on any atom is 0.199 e. The number of nitrogens with zero attached hydrogens (tertiary/aromatic N) is 3. The Bertz CT molecular complexity index is 1100. The van der Waals surface area contributed by atoms with Crippen LogP contribution in [0.2, 0.25) is 0 Å². The van der Waals surface area contributed by atoms with Gasteiger partial charge in [-0.25, -0.2) is 4.58 Å². The SMILES string of the molecule is CN(C)c1ccc(C(=C2C=CC(=[N+](C)C)C=C2)c2ccc(N(C)C)cc2C(=O)[O-])cc1. The molecule has 5 heteroatoms. The van der Waals surface area contributed by atoms with E-state index in [0.717, 1.165) is 33.8 Å². The van der Waals surface area contributed by atoms with E-state index in [2.05, 4.69) is 0 Å². The molecule has 0 saturated heterocycles. The van der Waals surface area contributed by atoms with Gasteiger partial charge in [-0.3, -0.25) is 0 Å². The number of carboxylic acids is 1. The summed E-state index contributed by atoms with van der Waals surface area (Å²) in [6, 6.07) is 13.6. The predicted octanol–water partition coefficient (Wildman–Crippen LogP) is 2.82. The first kappa shape index (κ1) is 22.1. The second-order valence-electron chi connectivity index (χ2n) is 8.17. The molecule has 160 valence electrons. The standard InChI is InChI=1S/C26H29N3O2/c1-27(2)20-11-7-18(8-12-20)25(19-9-13-21(14-10-19)28(3)4)23-16-15-22(29(5)6)17-24(23)26(30)31/h7-17H,1-6H3. The molecule has 2 aromatic carbocycles. The van der Waals surface area contributed by atoms with Crippen LogP contribution in [0.3, 0.4) is 0 Å². The first-order valence-electron chi connectivity index (χ1n) is 10.1. The lowest BCUT2D eigenvalue weighted by Crippen LogP contribution is -2.24. The lowest BCUT2D eigenvalue weighted by atomic mass is 9.87. The van der Waals surface area contributed by atoms with Crippen molar-refractivity contribution < 1.29 is 14.5 Å². The van der Waals surface area contributed by atoms with E-state index in [4.69, 9.17) is 0 Å². The highest BCUT2D eigenvalue weighted by Gasteiger charge is 2.17. The fraction of sp³-hybridized carbons (Fsp3) is 0.231. The monoisotopic (exact) mass is 415 g/mol. The average molecular weight is 416 g/mol. The Labute approximate surface area is 184 Å². The second kappa shape index (κ2) is 9.04. The van der Waals surface area contributed by atoms with Crippen LogP contribution >= 0.6 is 0 Å². The van der Waals surface area contributed by atoms with Crippen LogP contribution in [0.4, 0.5) is 11.4 Å². The molecule has 0 aromatic heterocycles. The molecule has 5 nitrogen and oxygen atoms in total. The summed E-state index contributed by atoms with van der Waals surface area (Å²) in [7, 11) is 11.8. The topological polar surface area (TPSA) is 49.6 Å². The van der Waals surface area contributed by atoms with Crippen LogP contribution in [0.25, 0.3) is 5.57 Å². The Kier molecular flexibility index (Phi) is 6.44. The lowest BCUT2D eigenvalue weighted by molar-refractivity contribution is -0.462. The molecule has 1 aliphatic carbocycles. The molecule has 0 unspecified atom stereocenters. The molecule has 0 aliphatic heterocycles. The maximum atomic E-state index is 12.1. The van der Waals surface area contributed by atoms with Crippen LogP contribution in [-0.2, 0) is 0 Å². The van der Waals surface area contributed by atoms with E-state index in [1.807, 2.05) is 117 Å². The Morgan fingerprint density at radius 3 is 1.81 bits per heavy atom. The Morgan fingerprint density at radius 1 is 0.774 bits per heavy atom. The van der Waals surface area contributed by atoms with Gasteiger partial charge >= 0.3 is 0 Å². The number of anilines is 2. The quantitative estimate of drug-likeness (QED) is 0.705. The Morgan fingerprint density at radius 2 is 1.32 bits per heavy atom. The first-order valence-corrected chi connectivity index (χ1v) is 10.1. The maximum absolute atomic E-state index is 12.1. The van der Waals surface area contributed by atoms with Gasteiger partial charge in [0.25, 0.3) is 0 Å². The van der Waals surface area contributed by atoms with Crippen LogP contribution in [0.1, 0.15) is 21.5 Å². The third-order valence-corrected chi connectivity index (χ3v) is 5.35. The third kappa shape index (κ3) is 4.77. The highest BCUT2D eigenvalue weighted by molar-refractivity contribution is 6.05. The number of aromatic carboxylic acids is 1. The van der Waals surface area contributed by atoms with Crippen molar-refractivity contribution in [2.75, 3.05) is 52.1 Å². The smallest absolute Gasteiger partial charge is 0.199 e. The molecule has 2 aromatic rings. The zero-order chi connectivity index (χ0) is 22.7. The molecule has 0 saturated carbocycles. The second-order valence-corrected chi connectivity index (χ2v) is 8.17. The van der Waals surface area contributed by atoms with Crippen molar-refractivity contribution >= 4 is 28.6 Å². The Hall–Kier alpha value is -3.60. The molecule has 0 fully saturated rings. The Balaban J connectivity index is 2.27. The summed E-state index contributed by atoms with van der Waals surface area (Å²) in [5.74, 6) is -1.19. The van der Waals surface area contributed by atoms with Gasteiger partial charge in [0, 0.05) is 57.3 Å². The first-order chi connectivity index (χ1) is 14.7. The fourth-order valence-electron chi connectivity index (χ4n) is 3.53. The molecular formula is C26H29N3O2.